The number of aromatic hydroxyl groups is 1. The molecule has 0 aliphatic carbocycles. The molecule has 0 unspecified atom stereocenters. The summed E-state index contributed by atoms with van der Waals surface area (Å²) in [4.78, 5) is 10.6. The third-order valence-electron chi connectivity index (χ3n) is 2.91. The van der Waals surface area contributed by atoms with E-state index in [9.17, 15) is 9.90 Å². The number of rotatable bonds is 5. The molecule has 0 saturated heterocycles. The molecule has 2 aromatic rings. The number of halogens is 1. The van der Waals surface area contributed by atoms with Crippen molar-refractivity contribution in [1.82, 2.24) is 0 Å². The summed E-state index contributed by atoms with van der Waals surface area (Å²) in [5.41, 5.74) is 1.84. The van der Waals surface area contributed by atoms with Crippen molar-refractivity contribution >= 4 is 18.1 Å². The summed E-state index contributed by atoms with van der Waals surface area (Å²) in [6, 6.07) is 8.75. The van der Waals surface area contributed by atoms with Crippen molar-refractivity contribution in [3.8, 4) is 11.5 Å². The Bertz CT molecular complexity index is 668. The minimum absolute atomic E-state index is 0. The van der Waals surface area contributed by atoms with Crippen LogP contribution >= 0.6 is 0 Å². The lowest BCUT2D eigenvalue weighted by molar-refractivity contribution is -0.685. The van der Waals surface area contributed by atoms with Gasteiger partial charge in [0, 0.05) is 12.1 Å². The lowest BCUT2D eigenvalue weighted by atomic mass is 10.1. The molecule has 2 rings (SSSR count). The Morgan fingerprint density at radius 2 is 1.82 bits per heavy atom. The monoisotopic (exact) mass is 321 g/mol. The Morgan fingerprint density at radius 3 is 2.41 bits per heavy atom. The Kier molecular flexibility index (Phi) is 6.41. The van der Waals surface area contributed by atoms with E-state index >= 15 is 0 Å². The summed E-state index contributed by atoms with van der Waals surface area (Å²) in [5, 5.41) is 18.2. The highest BCUT2D eigenvalue weighted by Gasteiger charge is 2.05. The van der Waals surface area contributed by atoms with Crippen molar-refractivity contribution in [3.05, 3.63) is 53.9 Å². The van der Waals surface area contributed by atoms with Crippen molar-refractivity contribution < 1.29 is 36.7 Å². The van der Waals surface area contributed by atoms with Crippen LogP contribution in [0.5, 0.6) is 11.5 Å². The first-order valence-electron chi connectivity index (χ1n) is 6.34. The highest BCUT2D eigenvalue weighted by Crippen LogP contribution is 2.26. The molecule has 116 valence electrons. The molecule has 0 atom stereocenters. The lowest BCUT2D eigenvalue weighted by Gasteiger charge is -2.03. The number of phenols is 1. The fraction of sp³-hybridized carbons (Fsp3) is 0.125. The minimum atomic E-state index is -0.875. The number of methoxy groups -OCH3 is 1. The third kappa shape index (κ3) is 4.79. The number of carboxylic acid groups (broad SMARTS) is 1. The van der Waals surface area contributed by atoms with E-state index in [1.54, 1.807) is 35.2 Å². The maximum atomic E-state index is 10.6. The Hall–Kier alpha value is -2.53. The highest BCUT2D eigenvalue weighted by atomic mass is 35.5. The third-order valence-corrected chi connectivity index (χ3v) is 2.91. The zero-order valence-electron chi connectivity index (χ0n) is 11.9. The number of ether oxygens (including phenoxy) is 1. The summed E-state index contributed by atoms with van der Waals surface area (Å²) in [7, 11) is 1.50. The van der Waals surface area contributed by atoms with Crippen LogP contribution < -0.4 is 21.7 Å². The number of aliphatic carboxylic acids is 1. The van der Waals surface area contributed by atoms with Gasteiger partial charge in [-0.05, 0) is 23.3 Å². The number of hydrogen-bond acceptors (Lipinski definition) is 3. The second-order valence-electron chi connectivity index (χ2n) is 4.46. The van der Waals surface area contributed by atoms with Gasteiger partial charge in [0.2, 0.25) is 6.54 Å². The predicted molar refractivity (Wildman–Crippen MR) is 77.9 cm³/mol. The first-order chi connectivity index (χ1) is 10.1. The number of hydrogen-bond donors (Lipinski definition) is 2. The van der Waals surface area contributed by atoms with Crippen molar-refractivity contribution in [2.45, 2.75) is 6.54 Å². The normalized spacial score (nSPS) is 10.2. The molecule has 1 heterocycles. The number of pyridine rings is 1. The fourth-order valence-corrected chi connectivity index (χ4v) is 1.83. The molecule has 0 saturated carbocycles. The Balaban J connectivity index is 0.00000242. The van der Waals surface area contributed by atoms with Gasteiger partial charge < -0.3 is 27.4 Å². The number of benzene rings is 1. The molecule has 1 aromatic heterocycles. The molecule has 0 amide bonds. The second kappa shape index (κ2) is 8.05. The molecule has 0 spiro atoms. The predicted octanol–water partition coefficient (Wildman–Crippen LogP) is -1.05. The molecular formula is C16H16ClNO4. The Morgan fingerprint density at radius 1 is 1.18 bits per heavy atom. The zero-order valence-corrected chi connectivity index (χ0v) is 12.7. The van der Waals surface area contributed by atoms with Gasteiger partial charge in [-0.1, -0.05) is 18.2 Å². The molecular weight excluding hydrogens is 306 g/mol. The summed E-state index contributed by atoms with van der Waals surface area (Å²) < 4.78 is 6.63. The van der Waals surface area contributed by atoms with E-state index in [1.807, 2.05) is 24.3 Å². The van der Waals surface area contributed by atoms with E-state index in [-0.39, 0.29) is 24.7 Å². The van der Waals surface area contributed by atoms with Crippen molar-refractivity contribution in [2.24, 2.45) is 0 Å². The number of nitrogens with zero attached hydrogens (tertiary/aromatic N) is 1. The van der Waals surface area contributed by atoms with Gasteiger partial charge in [0.05, 0.1) is 7.11 Å². The number of carboxylic acids is 1. The quantitative estimate of drug-likeness (QED) is 0.689. The largest absolute Gasteiger partial charge is 1.00 e. The van der Waals surface area contributed by atoms with Gasteiger partial charge in [-0.3, -0.25) is 0 Å². The molecule has 0 aliphatic heterocycles. The topological polar surface area (TPSA) is 70.6 Å². The van der Waals surface area contributed by atoms with Crippen LogP contribution in [-0.4, -0.2) is 23.3 Å². The molecule has 0 radical (unpaired) electrons. The number of aromatic nitrogens is 1. The first-order valence-corrected chi connectivity index (χ1v) is 6.34. The van der Waals surface area contributed by atoms with E-state index in [4.69, 9.17) is 9.84 Å². The average Bonchev–Trinajstić information content (AvgIpc) is 2.47. The molecule has 1 aromatic carbocycles. The lowest BCUT2D eigenvalue weighted by Crippen LogP contribution is -3.00. The van der Waals surface area contributed by atoms with E-state index in [2.05, 4.69) is 0 Å². The minimum Gasteiger partial charge on any atom is -1.00 e. The van der Waals surface area contributed by atoms with E-state index in [1.165, 1.54) is 7.11 Å². The van der Waals surface area contributed by atoms with Gasteiger partial charge in [0.15, 0.2) is 23.9 Å². The zero-order chi connectivity index (χ0) is 15.2. The molecule has 22 heavy (non-hydrogen) atoms. The fourth-order valence-electron chi connectivity index (χ4n) is 1.83. The van der Waals surface area contributed by atoms with Crippen molar-refractivity contribution in [1.29, 1.82) is 0 Å². The van der Waals surface area contributed by atoms with Crippen LogP contribution in [0.25, 0.3) is 12.2 Å². The van der Waals surface area contributed by atoms with E-state index in [0.717, 1.165) is 11.1 Å². The molecule has 0 aliphatic rings. The van der Waals surface area contributed by atoms with Crippen LogP contribution in [0, 0.1) is 0 Å². The number of carbonyl (C=O) groups is 1. The van der Waals surface area contributed by atoms with Gasteiger partial charge in [-0.25, -0.2) is 4.79 Å². The van der Waals surface area contributed by atoms with Crippen LogP contribution in [0.4, 0.5) is 0 Å². The van der Waals surface area contributed by atoms with Gasteiger partial charge >= 0.3 is 5.97 Å². The summed E-state index contributed by atoms with van der Waals surface area (Å²) in [5.74, 6) is -0.354. The van der Waals surface area contributed by atoms with Gasteiger partial charge in [0.1, 0.15) is 0 Å². The Labute approximate surface area is 134 Å². The van der Waals surface area contributed by atoms with Crippen LogP contribution in [0.15, 0.2) is 42.7 Å². The average molecular weight is 322 g/mol. The molecule has 2 N–H and O–H groups in total. The smallest absolute Gasteiger partial charge is 0.370 e. The van der Waals surface area contributed by atoms with E-state index < -0.39 is 5.97 Å². The van der Waals surface area contributed by atoms with E-state index in [0.29, 0.717) is 5.75 Å². The number of phenolic OH excluding ortho intramolecular Hbond substituents is 1. The summed E-state index contributed by atoms with van der Waals surface area (Å²) in [6.45, 7) is -0.0564. The SMILES string of the molecule is COc1cc(/C=C\c2cc[n+](CC(=O)O)cc2)ccc1O.[Cl-]. The van der Waals surface area contributed by atoms with Crippen LogP contribution in [0.2, 0.25) is 0 Å². The van der Waals surface area contributed by atoms with Crippen molar-refractivity contribution in [3.63, 3.8) is 0 Å². The van der Waals surface area contributed by atoms with Gasteiger partial charge in [0.25, 0.3) is 0 Å². The van der Waals surface area contributed by atoms with Crippen LogP contribution in [-0.2, 0) is 11.3 Å². The standard InChI is InChI=1S/C16H15NO4.ClH/c1-21-15-10-13(4-5-14(15)18)3-2-12-6-8-17(9-7-12)11-16(19)20;/h2-10H,11H2,1H3,(H,19,20);1H. The van der Waals surface area contributed by atoms with Gasteiger partial charge in [-0.2, -0.15) is 4.57 Å². The molecule has 0 bridgehead atoms. The maximum absolute atomic E-state index is 10.6. The molecule has 5 nitrogen and oxygen atoms in total. The van der Waals surface area contributed by atoms with Crippen LogP contribution in [0.3, 0.4) is 0 Å². The van der Waals surface area contributed by atoms with Crippen LogP contribution in [0.1, 0.15) is 11.1 Å². The van der Waals surface area contributed by atoms with Gasteiger partial charge in [-0.15, -0.1) is 0 Å². The molecule has 0 fully saturated rings. The van der Waals surface area contributed by atoms with Crippen molar-refractivity contribution in [2.75, 3.05) is 7.11 Å². The first kappa shape index (κ1) is 17.5. The summed E-state index contributed by atoms with van der Waals surface area (Å²) in [6.07, 6.45) is 7.21. The maximum Gasteiger partial charge on any atom is 0.370 e. The molecule has 6 heteroatoms. The summed E-state index contributed by atoms with van der Waals surface area (Å²) >= 11 is 0. The highest BCUT2D eigenvalue weighted by molar-refractivity contribution is 5.70. The second-order valence-corrected chi connectivity index (χ2v) is 4.46.